The third-order valence-electron chi connectivity index (χ3n) is 4.57. The maximum Gasteiger partial charge on any atom is 0.227 e. The molecule has 0 spiro atoms. The number of aromatic nitrogens is 3. The predicted molar refractivity (Wildman–Crippen MR) is 93.7 cm³/mol. The molecule has 5 heteroatoms. The van der Waals surface area contributed by atoms with Crippen molar-refractivity contribution in [1.29, 1.82) is 0 Å². The molecule has 0 radical (unpaired) electrons. The van der Waals surface area contributed by atoms with Gasteiger partial charge in [0.05, 0.1) is 6.42 Å². The fraction of sp³-hybridized carbons (Fsp3) is 0.526. The average molecular weight is 326 g/mol. The van der Waals surface area contributed by atoms with Crippen LogP contribution in [-0.2, 0) is 17.6 Å². The highest BCUT2D eigenvalue weighted by Crippen LogP contribution is 2.17. The molecule has 1 aliphatic carbocycles. The molecule has 5 nitrogen and oxygen atoms in total. The molecule has 3 rings (SSSR count). The van der Waals surface area contributed by atoms with Crippen molar-refractivity contribution in [2.45, 2.75) is 64.3 Å². The Hall–Kier alpha value is -2.17. The number of nitrogens with one attached hydrogen (secondary N) is 2. The van der Waals surface area contributed by atoms with Gasteiger partial charge in [-0.1, -0.05) is 55.5 Å². The summed E-state index contributed by atoms with van der Waals surface area (Å²) in [7, 11) is 0. The van der Waals surface area contributed by atoms with Gasteiger partial charge in [-0.2, -0.15) is 5.10 Å². The molecule has 1 amide bonds. The highest BCUT2D eigenvalue weighted by atomic mass is 16.1. The lowest BCUT2D eigenvalue weighted by atomic mass is 10.1. The molecule has 24 heavy (non-hydrogen) atoms. The predicted octanol–water partition coefficient (Wildman–Crippen LogP) is 3.09. The molecule has 0 atom stereocenters. The van der Waals surface area contributed by atoms with Crippen LogP contribution in [0.25, 0.3) is 0 Å². The van der Waals surface area contributed by atoms with E-state index >= 15 is 0 Å². The van der Waals surface area contributed by atoms with Crippen molar-refractivity contribution in [1.82, 2.24) is 20.5 Å². The summed E-state index contributed by atoms with van der Waals surface area (Å²) in [5.74, 6) is 1.41. The van der Waals surface area contributed by atoms with E-state index < -0.39 is 0 Å². The minimum absolute atomic E-state index is 0.0306. The van der Waals surface area contributed by atoms with E-state index in [1.807, 2.05) is 6.07 Å². The van der Waals surface area contributed by atoms with Gasteiger partial charge in [-0.25, -0.2) is 4.98 Å². The van der Waals surface area contributed by atoms with E-state index in [0.717, 1.165) is 18.7 Å². The van der Waals surface area contributed by atoms with Crippen LogP contribution in [-0.4, -0.2) is 27.1 Å². The fourth-order valence-electron chi connectivity index (χ4n) is 3.35. The number of hydrogen-bond donors (Lipinski definition) is 2. The van der Waals surface area contributed by atoms with E-state index in [0.29, 0.717) is 18.3 Å². The molecule has 0 aliphatic heterocycles. The monoisotopic (exact) mass is 326 g/mol. The number of carbonyl (C=O) groups is 1. The number of benzene rings is 1. The van der Waals surface area contributed by atoms with Crippen molar-refractivity contribution in [3.05, 3.63) is 47.0 Å². The number of aryl methyl sites for hydroxylation is 1. The number of rotatable bonds is 5. The Kier molecular flexibility index (Phi) is 5.62. The van der Waals surface area contributed by atoms with Gasteiger partial charge in [0.2, 0.25) is 5.91 Å². The molecule has 1 aliphatic rings. The minimum Gasteiger partial charge on any atom is -0.353 e. The van der Waals surface area contributed by atoms with Crippen LogP contribution in [0.1, 0.15) is 61.3 Å². The van der Waals surface area contributed by atoms with Gasteiger partial charge in [0.15, 0.2) is 5.82 Å². The molecule has 128 valence electrons. The maximum atomic E-state index is 12.2. The fourth-order valence-corrected chi connectivity index (χ4v) is 3.35. The number of hydrogen-bond acceptors (Lipinski definition) is 3. The van der Waals surface area contributed by atoms with Gasteiger partial charge in [0.1, 0.15) is 5.82 Å². The second-order valence-electron chi connectivity index (χ2n) is 6.80. The quantitative estimate of drug-likeness (QED) is 0.830. The normalized spacial score (nSPS) is 15.9. The van der Waals surface area contributed by atoms with Crippen LogP contribution in [0.5, 0.6) is 0 Å². The molecule has 1 fully saturated rings. The highest BCUT2D eigenvalue weighted by molar-refractivity contribution is 5.78. The summed E-state index contributed by atoms with van der Waals surface area (Å²) in [4.78, 5) is 16.7. The van der Waals surface area contributed by atoms with Crippen molar-refractivity contribution in [3.63, 3.8) is 0 Å². The van der Waals surface area contributed by atoms with Crippen LogP contribution in [0.4, 0.5) is 0 Å². The first kappa shape index (κ1) is 16.7. The van der Waals surface area contributed by atoms with E-state index in [1.165, 1.54) is 36.8 Å². The Bertz CT molecular complexity index is 672. The smallest absolute Gasteiger partial charge is 0.227 e. The van der Waals surface area contributed by atoms with Crippen molar-refractivity contribution >= 4 is 5.91 Å². The molecule has 2 N–H and O–H groups in total. The zero-order valence-electron chi connectivity index (χ0n) is 14.3. The number of carbonyl (C=O) groups excluding carboxylic acids is 1. The molecule has 0 unspecified atom stereocenters. The minimum atomic E-state index is 0.0306. The largest absolute Gasteiger partial charge is 0.353 e. The van der Waals surface area contributed by atoms with Crippen molar-refractivity contribution in [2.24, 2.45) is 0 Å². The van der Waals surface area contributed by atoms with E-state index in [9.17, 15) is 4.79 Å². The number of aromatic amines is 1. The van der Waals surface area contributed by atoms with Crippen LogP contribution in [0.2, 0.25) is 0 Å². The second kappa shape index (κ2) is 8.08. The van der Waals surface area contributed by atoms with Crippen molar-refractivity contribution in [2.75, 3.05) is 0 Å². The van der Waals surface area contributed by atoms with E-state index in [1.54, 1.807) is 0 Å². The summed E-state index contributed by atoms with van der Waals surface area (Å²) in [6.07, 6.45) is 8.15. The topological polar surface area (TPSA) is 70.7 Å². The zero-order chi connectivity index (χ0) is 16.8. The van der Waals surface area contributed by atoms with Gasteiger partial charge in [-0.15, -0.1) is 0 Å². The molecule has 0 saturated heterocycles. The maximum absolute atomic E-state index is 12.2. The lowest BCUT2D eigenvalue weighted by Crippen LogP contribution is -2.35. The van der Waals surface area contributed by atoms with Gasteiger partial charge in [-0.05, 0) is 25.3 Å². The van der Waals surface area contributed by atoms with E-state index in [4.69, 9.17) is 0 Å². The van der Waals surface area contributed by atoms with Crippen molar-refractivity contribution < 1.29 is 4.79 Å². The Morgan fingerprint density at radius 3 is 2.79 bits per heavy atom. The molecule has 1 saturated carbocycles. The summed E-state index contributed by atoms with van der Waals surface area (Å²) in [5.41, 5.74) is 2.43. The van der Waals surface area contributed by atoms with Crippen LogP contribution in [0.15, 0.2) is 24.3 Å². The Balaban J connectivity index is 1.52. The lowest BCUT2D eigenvalue weighted by molar-refractivity contribution is -0.121. The van der Waals surface area contributed by atoms with Gasteiger partial charge >= 0.3 is 0 Å². The van der Waals surface area contributed by atoms with Gasteiger partial charge in [0, 0.05) is 12.5 Å². The Morgan fingerprint density at radius 1 is 1.25 bits per heavy atom. The van der Waals surface area contributed by atoms with Gasteiger partial charge < -0.3 is 5.32 Å². The number of nitrogens with zero attached hydrogens (tertiary/aromatic N) is 2. The summed E-state index contributed by atoms with van der Waals surface area (Å²) < 4.78 is 0. The van der Waals surface area contributed by atoms with Crippen LogP contribution >= 0.6 is 0 Å². The Labute approximate surface area is 143 Å². The zero-order valence-corrected chi connectivity index (χ0v) is 14.3. The van der Waals surface area contributed by atoms with Crippen LogP contribution in [0, 0.1) is 6.92 Å². The van der Waals surface area contributed by atoms with E-state index in [-0.39, 0.29) is 12.3 Å². The summed E-state index contributed by atoms with van der Waals surface area (Å²) in [6.45, 7) is 2.08. The molecule has 0 bridgehead atoms. The summed E-state index contributed by atoms with van der Waals surface area (Å²) in [6, 6.07) is 8.66. The standard InChI is InChI=1S/C19H26N4O/c1-14-7-6-8-15(11-14)12-17-21-18(23-22-17)13-19(24)20-16-9-4-2-3-5-10-16/h6-8,11,16H,2-5,9-10,12-13H2,1H3,(H,20,24)(H,21,22,23). The Morgan fingerprint density at radius 2 is 2.04 bits per heavy atom. The average Bonchev–Trinajstić information content (AvgIpc) is 2.81. The van der Waals surface area contributed by atoms with Crippen LogP contribution in [0.3, 0.4) is 0 Å². The third kappa shape index (κ3) is 4.91. The van der Waals surface area contributed by atoms with Crippen molar-refractivity contribution in [3.8, 4) is 0 Å². The molecular formula is C19H26N4O. The first-order valence-electron chi connectivity index (χ1n) is 8.94. The first-order chi connectivity index (χ1) is 11.7. The number of H-pyrrole nitrogens is 1. The lowest BCUT2D eigenvalue weighted by Gasteiger charge is -2.15. The second-order valence-corrected chi connectivity index (χ2v) is 6.80. The molecule has 1 aromatic heterocycles. The highest BCUT2D eigenvalue weighted by Gasteiger charge is 2.16. The number of amides is 1. The van der Waals surface area contributed by atoms with Gasteiger partial charge in [0.25, 0.3) is 0 Å². The van der Waals surface area contributed by atoms with Crippen LogP contribution < -0.4 is 5.32 Å². The molecule has 1 aromatic carbocycles. The molecule has 1 heterocycles. The first-order valence-corrected chi connectivity index (χ1v) is 8.94. The summed E-state index contributed by atoms with van der Waals surface area (Å²) >= 11 is 0. The summed E-state index contributed by atoms with van der Waals surface area (Å²) in [5, 5.41) is 10.3. The molecular weight excluding hydrogens is 300 g/mol. The molecule has 2 aromatic rings. The third-order valence-corrected chi connectivity index (χ3v) is 4.57. The van der Waals surface area contributed by atoms with Gasteiger partial charge in [-0.3, -0.25) is 9.89 Å². The van der Waals surface area contributed by atoms with E-state index in [2.05, 4.69) is 45.6 Å². The SMILES string of the molecule is Cc1cccc(Cc2nc(CC(=O)NC3CCCCCC3)n[nH]2)c1.